The lowest BCUT2D eigenvalue weighted by Gasteiger charge is -2.36. The summed E-state index contributed by atoms with van der Waals surface area (Å²) in [6.07, 6.45) is 1.79. The van der Waals surface area contributed by atoms with E-state index in [0.717, 1.165) is 50.8 Å². The summed E-state index contributed by atoms with van der Waals surface area (Å²) in [6, 6.07) is 10.6. The third-order valence-corrected chi connectivity index (χ3v) is 4.25. The molecule has 0 aliphatic carbocycles. The molecule has 5 nitrogen and oxygen atoms in total. The monoisotopic (exact) mass is 330 g/mol. The highest BCUT2D eigenvalue weighted by atomic mass is 19.1. The van der Waals surface area contributed by atoms with Gasteiger partial charge in [-0.2, -0.15) is 0 Å². The number of pyridine rings is 1. The van der Waals surface area contributed by atoms with Crippen LogP contribution in [-0.2, 0) is 0 Å². The van der Waals surface area contributed by atoms with Crippen LogP contribution in [0.3, 0.4) is 0 Å². The van der Waals surface area contributed by atoms with Crippen LogP contribution in [0.1, 0.15) is 0 Å². The maximum atomic E-state index is 13.3. The molecule has 0 spiro atoms. The molecule has 0 atom stereocenters. The minimum atomic E-state index is -0.269. The van der Waals surface area contributed by atoms with Crippen LogP contribution in [0.2, 0.25) is 0 Å². The van der Waals surface area contributed by atoms with E-state index in [2.05, 4.69) is 20.1 Å². The Morgan fingerprint density at radius 1 is 1.17 bits per heavy atom. The molecular weight excluding hydrogens is 307 g/mol. The molecule has 2 heterocycles. The van der Waals surface area contributed by atoms with E-state index in [4.69, 9.17) is 4.74 Å². The predicted molar refractivity (Wildman–Crippen MR) is 94.3 cm³/mol. The number of hydrogen-bond acceptors (Lipinski definition) is 5. The van der Waals surface area contributed by atoms with Crippen LogP contribution in [0, 0.1) is 5.82 Å². The van der Waals surface area contributed by atoms with Gasteiger partial charge in [0.25, 0.3) is 0 Å². The normalized spacial score (nSPS) is 15.3. The number of piperazine rings is 1. The Bertz CT molecular complexity index is 645. The van der Waals surface area contributed by atoms with Gasteiger partial charge in [0.15, 0.2) is 0 Å². The van der Waals surface area contributed by atoms with Gasteiger partial charge in [0, 0.05) is 51.5 Å². The largest absolute Gasteiger partial charge is 0.494 e. The molecule has 3 rings (SSSR count). The quantitative estimate of drug-likeness (QED) is 0.881. The van der Waals surface area contributed by atoms with Crippen molar-refractivity contribution in [1.82, 2.24) is 9.88 Å². The maximum Gasteiger partial charge on any atom is 0.145 e. The van der Waals surface area contributed by atoms with Gasteiger partial charge in [-0.25, -0.2) is 9.37 Å². The van der Waals surface area contributed by atoms with E-state index in [-0.39, 0.29) is 5.82 Å². The van der Waals surface area contributed by atoms with Crippen LogP contribution in [0.4, 0.5) is 15.9 Å². The molecule has 1 aromatic carbocycles. The topological polar surface area (TPSA) is 40.6 Å². The zero-order valence-electron chi connectivity index (χ0n) is 13.9. The number of benzene rings is 1. The van der Waals surface area contributed by atoms with Gasteiger partial charge < -0.3 is 15.0 Å². The van der Waals surface area contributed by atoms with Gasteiger partial charge in [0.05, 0.1) is 12.8 Å². The first-order valence-corrected chi connectivity index (χ1v) is 8.22. The van der Waals surface area contributed by atoms with E-state index in [1.165, 1.54) is 12.1 Å². The Kier molecular flexibility index (Phi) is 5.48. The van der Waals surface area contributed by atoms with Crippen LogP contribution < -0.4 is 15.0 Å². The van der Waals surface area contributed by atoms with Gasteiger partial charge in [-0.1, -0.05) is 6.07 Å². The first kappa shape index (κ1) is 16.5. The predicted octanol–water partition coefficient (Wildman–Crippen LogP) is 2.46. The van der Waals surface area contributed by atoms with Crippen LogP contribution in [0.25, 0.3) is 0 Å². The smallest absolute Gasteiger partial charge is 0.145 e. The van der Waals surface area contributed by atoms with Gasteiger partial charge in [-0.3, -0.25) is 4.90 Å². The number of rotatable bonds is 6. The number of ether oxygens (including phenoxy) is 1. The molecule has 0 radical (unpaired) electrons. The van der Waals surface area contributed by atoms with E-state index in [0.29, 0.717) is 5.75 Å². The molecule has 0 bridgehead atoms. The number of methoxy groups -OCH3 is 1. The van der Waals surface area contributed by atoms with Gasteiger partial charge in [-0.05, 0) is 24.3 Å². The number of anilines is 2. The number of halogens is 1. The summed E-state index contributed by atoms with van der Waals surface area (Å²) in [7, 11) is 1.58. The Balaban J connectivity index is 1.47. The van der Waals surface area contributed by atoms with E-state index < -0.39 is 0 Å². The van der Waals surface area contributed by atoms with Crippen molar-refractivity contribution in [2.45, 2.75) is 0 Å². The molecule has 0 unspecified atom stereocenters. The zero-order valence-corrected chi connectivity index (χ0v) is 13.9. The third kappa shape index (κ3) is 4.14. The van der Waals surface area contributed by atoms with Crippen LogP contribution >= 0.6 is 0 Å². The van der Waals surface area contributed by atoms with Gasteiger partial charge >= 0.3 is 0 Å². The highest BCUT2D eigenvalue weighted by molar-refractivity contribution is 5.59. The van der Waals surface area contributed by atoms with E-state index in [1.807, 2.05) is 18.2 Å². The Morgan fingerprint density at radius 3 is 2.71 bits per heavy atom. The SMILES string of the molecule is COc1cc(F)ccc1N1CCN(CCNc2ccccn2)CC1. The standard InChI is InChI=1S/C18H23FN4O/c1-24-17-14-15(19)5-6-16(17)23-12-10-22(11-13-23)9-8-21-18-4-2-3-7-20-18/h2-7,14H,8-13H2,1H3,(H,20,21). The second-order valence-electron chi connectivity index (χ2n) is 5.79. The molecule has 0 saturated carbocycles. The highest BCUT2D eigenvalue weighted by Crippen LogP contribution is 2.29. The van der Waals surface area contributed by atoms with E-state index >= 15 is 0 Å². The summed E-state index contributed by atoms with van der Waals surface area (Å²) in [5, 5.41) is 3.33. The van der Waals surface area contributed by atoms with Crippen molar-refractivity contribution in [2.24, 2.45) is 0 Å². The fraction of sp³-hybridized carbons (Fsp3) is 0.389. The molecule has 1 aliphatic heterocycles. The van der Waals surface area contributed by atoms with Crippen LogP contribution in [0.5, 0.6) is 5.75 Å². The van der Waals surface area contributed by atoms with Crippen molar-refractivity contribution in [3.8, 4) is 5.75 Å². The molecule has 2 aromatic rings. The molecule has 1 fully saturated rings. The van der Waals surface area contributed by atoms with E-state index in [9.17, 15) is 4.39 Å². The Morgan fingerprint density at radius 2 is 2.00 bits per heavy atom. The molecule has 0 amide bonds. The fourth-order valence-electron chi connectivity index (χ4n) is 2.93. The van der Waals surface area contributed by atoms with Gasteiger partial charge in [-0.15, -0.1) is 0 Å². The second kappa shape index (κ2) is 7.97. The molecule has 1 saturated heterocycles. The lowest BCUT2D eigenvalue weighted by Crippen LogP contribution is -2.47. The zero-order chi connectivity index (χ0) is 16.8. The fourth-order valence-corrected chi connectivity index (χ4v) is 2.93. The van der Waals surface area contributed by atoms with E-state index in [1.54, 1.807) is 19.4 Å². The third-order valence-electron chi connectivity index (χ3n) is 4.25. The lowest BCUT2D eigenvalue weighted by atomic mass is 10.2. The first-order valence-electron chi connectivity index (χ1n) is 8.22. The van der Waals surface area contributed by atoms with Gasteiger partial charge in [0.1, 0.15) is 17.4 Å². The summed E-state index contributed by atoms with van der Waals surface area (Å²) < 4.78 is 18.6. The summed E-state index contributed by atoms with van der Waals surface area (Å²) in [6.45, 7) is 5.62. The molecule has 128 valence electrons. The number of nitrogens with zero attached hydrogens (tertiary/aromatic N) is 3. The van der Waals surface area contributed by atoms with Crippen molar-refractivity contribution in [3.63, 3.8) is 0 Å². The van der Waals surface area contributed by atoms with Gasteiger partial charge in [0.2, 0.25) is 0 Å². The minimum absolute atomic E-state index is 0.269. The second-order valence-corrected chi connectivity index (χ2v) is 5.79. The van der Waals surface area contributed by atoms with Crippen molar-refractivity contribution >= 4 is 11.5 Å². The van der Waals surface area contributed by atoms with Crippen molar-refractivity contribution < 1.29 is 9.13 Å². The molecule has 1 aromatic heterocycles. The maximum absolute atomic E-state index is 13.3. The average molecular weight is 330 g/mol. The molecule has 6 heteroatoms. The van der Waals surface area contributed by atoms with Crippen molar-refractivity contribution in [1.29, 1.82) is 0 Å². The number of aromatic nitrogens is 1. The first-order chi connectivity index (χ1) is 11.8. The summed E-state index contributed by atoms with van der Waals surface area (Å²) in [5.74, 6) is 1.24. The Labute approximate surface area is 142 Å². The summed E-state index contributed by atoms with van der Waals surface area (Å²) in [4.78, 5) is 8.93. The lowest BCUT2D eigenvalue weighted by molar-refractivity contribution is 0.266. The van der Waals surface area contributed by atoms with Crippen LogP contribution in [0.15, 0.2) is 42.6 Å². The van der Waals surface area contributed by atoms with Crippen molar-refractivity contribution in [2.75, 3.05) is 56.6 Å². The molecule has 24 heavy (non-hydrogen) atoms. The van der Waals surface area contributed by atoms with Crippen molar-refractivity contribution in [3.05, 3.63) is 48.4 Å². The number of nitrogens with one attached hydrogen (secondary N) is 1. The summed E-state index contributed by atoms with van der Waals surface area (Å²) in [5.41, 5.74) is 0.963. The number of hydrogen-bond donors (Lipinski definition) is 1. The Hall–Kier alpha value is -2.34. The average Bonchev–Trinajstić information content (AvgIpc) is 2.63. The minimum Gasteiger partial charge on any atom is -0.494 e. The highest BCUT2D eigenvalue weighted by Gasteiger charge is 2.19. The molecule has 1 aliphatic rings. The van der Waals surface area contributed by atoms with Crippen LogP contribution in [-0.4, -0.2) is 56.3 Å². The molecule has 1 N–H and O–H groups in total. The summed E-state index contributed by atoms with van der Waals surface area (Å²) >= 11 is 0. The molecular formula is C18H23FN4O.